The van der Waals surface area contributed by atoms with Crippen molar-refractivity contribution in [3.63, 3.8) is 0 Å². The molecule has 1 N–H and O–H groups in total. The van der Waals surface area contributed by atoms with Crippen LogP contribution in [-0.2, 0) is 19.4 Å². The van der Waals surface area contributed by atoms with Gasteiger partial charge in [0.1, 0.15) is 5.94 Å². The molecule has 0 atom stereocenters. The summed E-state index contributed by atoms with van der Waals surface area (Å²) in [5, 5.41) is 8.03. The zero-order chi connectivity index (χ0) is 9.61. The van der Waals surface area contributed by atoms with Crippen LogP contribution in [0.25, 0.3) is 0 Å². The van der Waals surface area contributed by atoms with Crippen molar-refractivity contribution in [2.24, 2.45) is 0 Å². The van der Waals surface area contributed by atoms with E-state index in [1.807, 2.05) is 0 Å². The fourth-order valence-corrected chi connectivity index (χ4v) is 2.28. The molecule has 0 aromatic heterocycles. The first kappa shape index (κ1) is 11.7. The van der Waals surface area contributed by atoms with Crippen molar-refractivity contribution in [3.8, 4) is 0 Å². The van der Waals surface area contributed by atoms with Gasteiger partial charge in [0.25, 0.3) is 0 Å². The van der Waals surface area contributed by atoms with Gasteiger partial charge in [-0.2, -0.15) is 0 Å². The van der Waals surface area contributed by atoms with Gasteiger partial charge >= 0.3 is 5.97 Å². The highest BCUT2D eigenvalue weighted by Crippen LogP contribution is 2.05. The Hall–Kier alpha value is -0.270. The zero-order valence-electron chi connectivity index (χ0n) is 6.52. The molecule has 0 aromatic carbocycles. The van der Waals surface area contributed by atoms with E-state index in [1.165, 1.54) is 7.11 Å². The number of aliphatic hydroxyl groups is 1. The smallest absolute Gasteiger partial charge is 0.315 e. The van der Waals surface area contributed by atoms with E-state index >= 15 is 0 Å². The minimum Gasteiger partial charge on any atom is -0.468 e. The predicted molar refractivity (Wildman–Crippen MR) is 45.3 cm³/mol. The van der Waals surface area contributed by atoms with Crippen LogP contribution >= 0.6 is 11.8 Å². The Morgan fingerprint density at radius 1 is 1.58 bits per heavy atom. The molecule has 0 aliphatic heterocycles. The number of rotatable bonds is 5. The highest BCUT2D eigenvalue weighted by molar-refractivity contribution is 8.12. The molecule has 0 rings (SSSR count). The van der Waals surface area contributed by atoms with Crippen LogP contribution in [-0.4, -0.2) is 43.4 Å². The van der Waals surface area contributed by atoms with E-state index in [-0.39, 0.29) is 10.8 Å². The Bertz CT molecular complexity index is 232. The quantitative estimate of drug-likeness (QED) is 0.604. The average Bonchev–Trinajstić information content (AvgIpc) is 2.04. The number of hydrogen-bond acceptors (Lipinski definition) is 6. The van der Waals surface area contributed by atoms with Gasteiger partial charge in [0, 0.05) is 0 Å². The molecule has 0 aliphatic rings. The topological polar surface area (TPSA) is 80.7 Å². The lowest BCUT2D eigenvalue weighted by atomic mass is 10.8. The maximum atomic E-state index is 10.6. The van der Waals surface area contributed by atoms with Gasteiger partial charge in [-0.25, -0.2) is 8.42 Å². The lowest BCUT2D eigenvalue weighted by Crippen LogP contribution is -2.11. The van der Waals surface area contributed by atoms with Crippen LogP contribution in [0.5, 0.6) is 0 Å². The molecule has 0 saturated heterocycles. The first-order chi connectivity index (χ1) is 5.52. The number of esters is 1. The van der Waals surface area contributed by atoms with Gasteiger partial charge in [0.15, 0.2) is 9.84 Å². The fourth-order valence-electron chi connectivity index (χ4n) is 0.348. The van der Waals surface area contributed by atoms with E-state index < -0.39 is 21.7 Å². The molecule has 12 heavy (non-hydrogen) atoms. The largest absolute Gasteiger partial charge is 0.468 e. The number of aliphatic hydroxyl groups excluding tert-OH is 1. The summed E-state index contributed by atoms with van der Waals surface area (Å²) in [6.45, 7) is 0. The molecular formula is C5H10O5S2. The molecule has 5 nitrogen and oxygen atoms in total. The highest BCUT2D eigenvalue weighted by Gasteiger charge is 2.10. The molecule has 7 heteroatoms. The molecule has 0 spiro atoms. The van der Waals surface area contributed by atoms with Gasteiger partial charge in [-0.05, 0) is 0 Å². The third-order valence-corrected chi connectivity index (χ3v) is 3.84. The third-order valence-electron chi connectivity index (χ3n) is 0.907. The number of carbonyl (C=O) groups excluding carboxylic acids is 1. The highest BCUT2D eigenvalue weighted by atomic mass is 32.3. The van der Waals surface area contributed by atoms with Gasteiger partial charge < -0.3 is 9.84 Å². The van der Waals surface area contributed by atoms with E-state index in [9.17, 15) is 13.2 Å². The van der Waals surface area contributed by atoms with Gasteiger partial charge in [-0.3, -0.25) is 4.79 Å². The molecule has 0 saturated carbocycles. The Kier molecular flexibility index (Phi) is 5.27. The van der Waals surface area contributed by atoms with Gasteiger partial charge in [0.05, 0.1) is 17.9 Å². The number of sulfone groups is 1. The Morgan fingerprint density at radius 3 is 2.58 bits per heavy atom. The van der Waals surface area contributed by atoms with Crippen molar-refractivity contribution in [1.82, 2.24) is 0 Å². The van der Waals surface area contributed by atoms with Crippen LogP contribution < -0.4 is 0 Å². The molecule has 0 amide bonds. The van der Waals surface area contributed by atoms with Crippen molar-refractivity contribution >= 4 is 27.6 Å². The average molecular weight is 214 g/mol. The maximum absolute atomic E-state index is 10.6. The monoisotopic (exact) mass is 214 g/mol. The SMILES string of the molecule is COC(=O)CSCS(=O)(=O)CO. The Morgan fingerprint density at radius 2 is 2.17 bits per heavy atom. The van der Waals surface area contributed by atoms with Crippen LogP contribution in [0, 0.1) is 0 Å². The van der Waals surface area contributed by atoms with Crippen LogP contribution in [0.3, 0.4) is 0 Å². The summed E-state index contributed by atoms with van der Waals surface area (Å²) in [6.07, 6.45) is 0. The molecule has 0 fully saturated rings. The Labute approximate surface area is 75.0 Å². The fraction of sp³-hybridized carbons (Fsp3) is 0.800. The number of methoxy groups -OCH3 is 1. The van der Waals surface area contributed by atoms with Crippen LogP contribution in [0.15, 0.2) is 0 Å². The summed E-state index contributed by atoms with van der Waals surface area (Å²) >= 11 is 0.895. The molecular weight excluding hydrogens is 204 g/mol. The molecule has 0 aromatic rings. The summed E-state index contributed by atoms with van der Waals surface area (Å²) in [5.41, 5.74) is 0. The molecule has 0 aliphatic carbocycles. The number of ether oxygens (including phenoxy) is 1. The van der Waals surface area contributed by atoms with Gasteiger partial charge in [0.2, 0.25) is 0 Å². The third kappa shape index (κ3) is 5.39. The number of carbonyl (C=O) groups is 1. The van der Waals surface area contributed by atoms with Crippen molar-refractivity contribution < 1.29 is 23.1 Å². The van der Waals surface area contributed by atoms with Crippen molar-refractivity contribution in [1.29, 1.82) is 0 Å². The van der Waals surface area contributed by atoms with Crippen LogP contribution in [0.1, 0.15) is 0 Å². The minimum atomic E-state index is -3.41. The van der Waals surface area contributed by atoms with Gasteiger partial charge in [-0.1, -0.05) is 0 Å². The zero-order valence-corrected chi connectivity index (χ0v) is 8.15. The van der Waals surface area contributed by atoms with E-state index in [0.29, 0.717) is 0 Å². The van der Waals surface area contributed by atoms with E-state index in [0.717, 1.165) is 11.8 Å². The Balaban J connectivity index is 3.64. The van der Waals surface area contributed by atoms with E-state index in [2.05, 4.69) is 4.74 Å². The second kappa shape index (κ2) is 5.39. The summed E-state index contributed by atoms with van der Waals surface area (Å²) in [6, 6.07) is 0. The number of thioether (sulfide) groups is 1. The predicted octanol–water partition coefficient (Wildman–Crippen LogP) is -0.785. The summed E-state index contributed by atoms with van der Waals surface area (Å²) in [7, 11) is -2.19. The molecule has 0 unspecified atom stereocenters. The van der Waals surface area contributed by atoms with Gasteiger partial charge in [-0.15, -0.1) is 11.8 Å². The maximum Gasteiger partial charge on any atom is 0.315 e. The first-order valence-electron chi connectivity index (χ1n) is 2.97. The lowest BCUT2D eigenvalue weighted by Gasteiger charge is -1.99. The van der Waals surface area contributed by atoms with Crippen LogP contribution in [0.2, 0.25) is 0 Å². The van der Waals surface area contributed by atoms with Crippen LogP contribution in [0.4, 0.5) is 0 Å². The summed E-state index contributed by atoms with van der Waals surface area (Å²) in [5.74, 6) is -1.38. The van der Waals surface area contributed by atoms with Crippen molar-refractivity contribution in [2.75, 3.05) is 23.9 Å². The first-order valence-corrected chi connectivity index (χ1v) is 5.95. The van der Waals surface area contributed by atoms with Crippen molar-refractivity contribution in [3.05, 3.63) is 0 Å². The standard InChI is InChI=1S/C5H10O5S2/c1-10-5(7)2-11-4-12(8,9)3-6/h6H,2-4H2,1H3. The number of hydrogen-bond donors (Lipinski definition) is 1. The molecule has 0 radical (unpaired) electrons. The summed E-state index contributed by atoms with van der Waals surface area (Å²) < 4.78 is 25.6. The van der Waals surface area contributed by atoms with E-state index in [1.54, 1.807) is 0 Å². The summed E-state index contributed by atoms with van der Waals surface area (Å²) in [4.78, 5) is 10.5. The molecule has 72 valence electrons. The lowest BCUT2D eigenvalue weighted by molar-refractivity contribution is -0.137. The van der Waals surface area contributed by atoms with Crippen molar-refractivity contribution in [2.45, 2.75) is 0 Å². The molecule has 0 heterocycles. The van der Waals surface area contributed by atoms with E-state index in [4.69, 9.17) is 5.11 Å². The normalized spacial score (nSPS) is 11.2. The minimum absolute atomic E-state index is 0.0181. The second-order valence-electron chi connectivity index (χ2n) is 1.92. The molecule has 0 bridgehead atoms. The second-order valence-corrected chi connectivity index (χ2v) is 5.30.